The van der Waals surface area contributed by atoms with Crippen LogP contribution in [0.25, 0.3) is 21.8 Å². The number of hydrogen-bond acceptors (Lipinski definition) is 5. The van der Waals surface area contributed by atoms with Crippen molar-refractivity contribution in [1.29, 1.82) is 5.26 Å². The minimum absolute atomic E-state index is 0.496. The summed E-state index contributed by atoms with van der Waals surface area (Å²) < 4.78 is 12.2. The highest BCUT2D eigenvalue weighted by Gasteiger charge is 2.16. The number of pyridine rings is 1. The van der Waals surface area contributed by atoms with Crippen LogP contribution in [0.3, 0.4) is 0 Å². The van der Waals surface area contributed by atoms with Gasteiger partial charge < -0.3 is 19.8 Å². The maximum absolute atomic E-state index is 9.69. The van der Waals surface area contributed by atoms with Gasteiger partial charge in [-0.15, -0.1) is 0 Å². The number of hydrogen-bond donors (Lipinski definition) is 2. The summed E-state index contributed by atoms with van der Waals surface area (Å²) in [5.41, 5.74) is 2.30. The number of rotatable bonds is 5. The summed E-state index contributed by atoms with van der Waals surface area (Å²) in [6.07, 6.45) is 5.81. The van der Waals surface area contributed by atoms with E-state index in [4.69, 9.17) is 9.47 Å². The highest BCUT2D eigenvalue weighted by Crippen LogP contribution is 2.34. The van der Waals surface area contributed by atoms with Crippen molar-refractivity contribution in [3.63, 3.8) is 0 Å². The molecule has 0 radical (unpaired) electrons. The third kappa shape index (κ3) is 3.68. The first-order valence-corrected chi connectivity index (χ1v) is 10.2. The molecule has 0 saturated carbocycles. The highest BCUT2D eigenvalue weighted by atomic mass is 16.5. The first-order valence-electron chi connectivity index (χ1n) is 10.2. The number of benzene rings is 2. The number of aromatic amines is 1. The first-order chi connectivity index (χ1) is 14.8. The topological polar surface area (TPSA) is 83.0 Å². The number of piperidine rings is 1. The molecule has 3 heterocycles. The molecular formula is C24H22N4O2. The zero-order chi connectivity index (χ0) is 20.3. The molecule has 4 aromatic rings. The summed E-state index contributed by atoms with van der Waals surface area (Å²) in [4.78, 5) is 7.65. The lowest BCUT2D eigenvalue weighted by Gasteiger charge is -2.23. The molecule has 1 aliphatic rings. The number of ether oxygens (including phenoxy) is 2. The third-order valence-corrected chi connectivity index (χ3v) is 5.61. The molecule has 0 amide bonds. The predicted molar refractivity (Wildman–Crippen MR) is 116 cm³/mol. The Morgan fingerprint density at radius 1 is 1.07 bits per heavy atom. The van der Waals surface area contributed by atoms with Crippen molar-refractivity contribution in [2.45, 2.75) is 12.8 Å². The van der Waals surface area contributed by atoms with Gasteiger partial charge in [0, 0.05) is 34.7 Å². The molecule has 5 rings (SSSR count). The number of nitriles is 1. The summed E-state index contributed by atoms with van der Waals surface area (Å²) in [6, 6.07) is 15.6. The van der Waals surface area contributed by atoms with E-state index in [-0.39, 0.29) is 0 Å². The molecule has 150 valence electrons. The average Bonchev–Trinajstić information content (AvgIpc) is 3.26. The van der Waals surface area contributed by atoms with E-state index < -0.39 is 0 Å². The Hall–Kier alpha value is -3.56. The van der Waals surface area contributed by atoms with Crippen LogP contribution < -0.4 is 14.8 Å². The second kappa shape index (κ2) is 8.05. The normalized spacial score (nSPS) is 14.6. The maximum Gasteiger partial charge on any atom is 0.139 e. The van der Waals surface area contributed by atoms with Gasteiger partial charge in [0.2, 0.25) is 0 Å². The van der Waals surface area contributed by atoms with Gasteiger partial charge in [0.15, 0.2) is 0 Å². The molecule has 2 aromatic heterocycles. The molecule has 0 atom stereocenters. The van der Waals surface area contributed by atoms with Crippen molar-refractivity contribution in [2.24, 2.45) is 5.92 Å². The lowest BCUT2D eigenvalue weighted by atomic mass is 9.99. The Bertz CT molecular complexity index is 1240. The Morgan fingerprint density at radius 2 is 1.97 bits per heavy atom. The lowest BCUT2D eigenvalue weighted by molar-refractivity contribution is 0.215. The van der Waals surface area contributed by atoms with Gasteiger partial charge in [-0.1, -0.05) is 0 Å². The van der Waals surface area contributed by atoms with Crippen LogP contribution in [0.15, 0.2) is 54.9 Å². The van der Waals surface area contributed by atoms with Crippen molar-refractivity contribution in [2.75, 3.05) is 19.7 Å². The summed E-state index contributed by atoms with van der Waals surface area (Å²) >= 11 is 0. The smallest absolute Gasteiger partial charge is 0.139 e. The lowest BCUT2D eigenvalue weighted by Crippen LogP contribution is -2.30. The molecular weight excluding hydrogens is 376 g/mol. The van der Waals surface area contributed by atoms with Gasteiger partial charge in [0.05, 0.1) is 17.7 Å². The maximum atomic E-state index is 9.69. The highest BCUT2D eigenvalue weighted by molar-refractivity contribution is 5.88. The van der Waals surface area contributed by atoms with Crippen LogP contribution in [0.1, 0.15) is 18.4 Å². The fourth-order valence-electron chi connectivity index (χ4n) is 3.92. The van der Waals surface area contributed by atoms with Gasteiger partial charge in [-0.2, -0.15) is 5.26 Å². The molecule has 0 spiro atoms. The number of nitrogens with zero attached hydrogens (tertiary/aromatic N) is 2. The van der Waals surface area contributed by atoms with Crippen LogP contribution in [0.4, 0.5) is 0 Å². The monoisotopic (exact) mass is 398 g/mol. The Balaban J connectivity index is 1.44. The Morgan fingerprint density at radius 3 is 2.83 bits per heavy atom. The molecule has 6 nitrogen and oxygen atoms in total. The van der Waals surface area contributed by atoms with Crippen LogP contribution in [-0.4, -0.2) is 29.7 Å². The van der Waals surface area contributed by atoms with E-state index >= 15 is 0 Å². The number of aromatic nitrogens is 2. The summed E-state index contributed by atoms with van der Waals surface area (Å²) in [6.45, 7) is 2.66. The van der Waals surface area contributed by atoms with Gasteiger partial charge >= 0.3 is 0 Å². The molecule has 1 saturated heterocycles. The second-order valence-corrected chi connectivity index (χ2v) is 7.62. The summed E-state index contributed by atoms with van der Waals surface area (Å²) in [7, 11) is 0. The molecule has 6 heteroatoms. The van der Waals surface area contributed by atoms with E-state index in [9.17, 15) is 5.26 Å². The average molecular weight is 398 g/mol. The van der Waals surface area contributed by atoms with E-state index in [1.54, 1.807) is 6.20 Å². The fourth-order valence-corrected chi connectivity index (χ4v) is 3.92. The number of H-pyrrole nitrogens is 1. The van der Waals surface area contributed by atoms with Gasteiger partial charge in [-0.3, -0.25) is 4.98 Å². The molecule has 2 aromatic carbocycles. The van der Waals surface area contributed by atoms with Crippen molar-refractivity contribution in [3.8, 4) is 23.3 Å². The van der Waals surface area contributed by atoms with Crippen LogP contribution in [0.5, 0.6) is 17.2 Å². The second-order valence-electron chi connectivity index (χ2n) is 7.62. The van der Waals surface area contributed by atoms with Gasteiger partial charge in [0.1, 0.15) is 23.3 Å². The molecule has 1 fully saturated rings. The predicted octanol–water partition coefficient (Wildman–Crippen LogP) is 4.76. The van der Waals surface area contributed by atoms with E-state index in [1.165, 1.54) is 0 Å². The van der Waals surface area contributed by atoms with Crippen LogP contribution in [0, 0.1) is 17.2 Å². The van der Waals surface area contributed by atoms with E-state index in [2.05, 4.69) is 21.4 Å². The third-order valence-electron chi connectivity index (χ3n) is 5.61. The van der Waals surface area contributed by atoms with Crippen LogP contribution >= 0.6 is 0 Å². The minimum atomic E-state index is 0.496. The summed E-state index contributed by atoms with van der Waals surface area (Å²) in [5, 5.41) is 14.9. The molecule has 1 aliphatic heterocycles. The van der Waals surface area contributed by atoms with E-state index in [1.807, 2.05) is 48.7 Å². The zero-order valence-electron chi connectivity index (χ0n) is 16.5. The number of nitrogens with one attached hydrogen (secondary N) is 2. The quantitative estimate of drug-likeness (QED) is 0.506. The van der Waals surface area contributed by atoms with Gasteiger partial charge in [0.25, 0.3) is 0 Å². The zero-order valence-corrected chi connectivity index (χ0v) is 16.5. The Kier molecular flexibility index (Phi) is 4.96. The molecule has 2 N–H and O–H groups in total. The van der Waals surface area contributed by atoms with Crippen molar-refractivity contribution < 1.29 is 9.47 Å². The summed E-state index contributed by atoms with van der Waals surface area (Å²) in [5.74, 6) is 2.50. The largest absolute Gasteiger partial charge is 0.492 e. The molecule has 0 bridgehead atoms. The van der Waals surface area contributed by atoms with E-state index in [0.717, 1.165) is 53.5 Å². The standard InChI is InChI=1S/C24H22N4O2/c25-14-18-12-20-22(13-24(18)29-15-16-3-7-26-8-4-16)28-10-6-23(20)30-19-1-2-21-17(11-19)5-9-27-21/h1-2,5-6,9-13,16,26-27H,3-4,7-8,15H2. The Labute approximate surface area is 174 Å². The number of fused-ring (bicyclic) bond motifs is 2. The van der Waals surface area contributed by atoms with Crippen molar-refractivity contribution in [1.82, 2.24) is 15.3 Å². The van der Waals surface area contributed by atoms with Crippen molar-refractivity contribution >= 4 is 21.8 Å². The molecule has 30 heavy (non-hydrogen) atoms. The minimum Gasteiger partial charge on any atom is -0.492 e. The molecule has 0 aliphatic carbocycles. The van der Waals surface area contributed by atoms with Crippen LogP contribution in [0.2, 0.25) is 0 Å². The SMILES string of the molecule is N#Cc1cc2c(Oc3ccc4[nH]ccc4c3)ccnc2cc1OCC1CCNCC1. The van der Waals surface area contributed by atoms with Crippen molar-refractivity contribution in [3.05, 3.63) is 60.4 Å². The first kappa shape index (κ1) is 18.5. The van der Waals surface area contributed by atoms with Gasteiger partial charge in [-0.25, -0.2) is 0 Å². The van der Waals surface area contributed by atoms with Crippen LogP contribution in [-0.2, 0) is 0 Å². The van der Waals surface area contributed by atoms with Gasteiger partial charge in [-0.05, 0) is 68.2 Å². The fraction of sp³-hybridized carbons (Fsp3) is 0.250. The molecule has 0 unspecified atom stereocenters. The van der Waals surface area contributed by atoms with E-state index in [0.29, 0.717) is 29.6 Å².